The average Bonchev–Trinajstić information content (AvgIpc) is 2.71. The van der Waals surface area contributed by atoms with Gasteiger partial charge in [-0.15, -0.1) is 11.3 Å². The zero-order valence-corrected chi connectivity index (χ0v) is 11.2. The first kappa shape index (κ1) is 12.6. The molecule has 1 N–H and O–H groups in total. The van der Waals surface area contributed by atoms with Gasteiger partial charge in [-0.05, 0) is 25.7 Å². The van der Waals surface area contributed by atoms with E-state index < -0.39 is 5.97 Å². The molecule has 0 saturated heterocycles. The predicted molar refractivity (Wildman–Crippen MR) is 68.8 cm³/mol. The molecule has 0 amide bonds. The van der Waals surface area contributed by atoms with E-state index in [4.69, 9.17) is 5.11 Å². The summed E-state index contributed by atoms with van der Waals surface area (Å²) in [6, 6.07) is 0. The second-order valence-electron chi connectivity index (χ2n) is 4.91. The predicted octanol–water partition coefficient (Wildman–Crippen LogP) is 3.83. The van der Waals surface area contributed by atoms with Gasteiger partial charge in [0.25, 0.3) is 0 Å². The Hall–Kier alpha value is -0.900. The van der Waals surface area contributed by atoms with E-state index in [1.54, 1.807) is 6.92 Å². The van der Waals surface area contributed by atoms with Gasteiger partial charge in [0.15, 0.2) is 0 Å². The van der Waals surface area contributed by atoms with E-state index in [1.807, 2.05) is 0 Å². The first-order valence-electron chi connectivity index (χ1n) is 6.32. The fraction of sp³-hybridized carbons (Fsp3) is 0.692. The second-order valence-corrected chi connectivity index (χ2v) is 5.94. The lowest BCUT2D eigenvalue weighted by Gasteiger charge is -2.26. The Morgan fingerprint density at radius 2 is 2.29 bits per heavy atom. The topological polar surface area (TPSA) is 50.2 Å². The van der Waals surface area contributed by atoms with Crippen molar-refractivity contribution in [2.75, 3.05) is 0 Å². The van der Waals surface area contributed by atoms with E-state index in [-0.39, 0.29) is 0 Å². The lowest BCUT2D eigenvalue weighted by Crippen LogP contribution is -2.13. The van der Waals surface area contributed by atoms with Crippen LogP contribution in [0.1, 0.15) is 65.3 Å². The fourth-order valence-corrected chi connectivity index (χ4v) is 3.73. The molecular formula is C13H19NO2S. The van der Waals surface area contributed by atoms with E-state index in [1.165, 1.54) is 43.4 Å². The highest BCUT2D eigenvalue weighted by molar-refractivity contribution is 7.13. The largest absolute Gasteiger partial charge is 0.477 e. The van der Waals surface area contributed by atoms with Crippen molar-refractivity contribution in [3.8, 4) is 0 Å². The molecule has 1 fully saturated rings. The number of carboxylic acids is 1. The van der Waals surface area contributed by atoms with Gasteiger partial charge in [0.05, 0.1) is 10.7 Å². The molecule has 1 heterocycles. The van der Waals surface area contributed by atoms with Gasteiger partial charge in [0.1, 0.15) is 4.88 Å². The van der Waals surface area contributed by atoms with Crippen LogP contribution < -0.4 is 0 Å². The fourth-order valence-electron chi connectivity index (χ4n) is 2.68. The van der Waals surface area contributed by atoms with E-state index >= 15 is 0 Å². The Labute approximate surface area is 106 Å². The van der Waals surface area contributed by atoms with E-state index in [9.17, 15) is 4.79 Å². The molecule has 1 aromatic rings. The number of aromatic nitrogens is 1. The Bertz CT molecular complexity index is 414. The number of hydrogen-bond acceptors (Lipinski definition) is 3. The third-order valence-corrected chi connectivity index (χ3v) is 5.02. The zero-order valence-electron chi connectivity index (χ0n) is 10.4. The van der Waals surface area contributed by atoms with E-state index in [0.29, 0.717) is 16.5 Å². The van der Waals surface area contributed by atoms with Gasteiger partial charge in [0.2, 0.25) is 0 Å². The highest BCUT2D eigenvalue weighted by atomic mass is 32.1. The van der Waals surface area contributed by atoms with E-state index in [0.717, 1.165) is 10.9 Å². The third kappa shape index (κ3) is 2.68. The van der Waals surface area contributed by atoms with E-state index in [2.05, 4.69) is 11.9 Å². The standard InChI is InChI=1S/C13H19NO2S/c1-3-9-5-4-6-10(7-9)12-14-8(2)11(17-12)13(15)16/h9-10H,3-7H2,1-2H3,(H,15,16). The van der Waals surface area contributed by atoms with Crippen molar-refractivity contribution in [3.63, 3.8) is 0 Å². The van der Waals surface area contributed by atoms with Crippen LogP contribution in [-0.4, -0.2) is 16.1 Å². The first-order chi connectivity index (χ1) is 8.11. The van der Waals surface area contributed by atoms with Crippen LogP contribution in [0, 0.1) is 12.8 Å². The molecule has 94 valence electrons. The molecule has 1 saturated carbocycles. The maximum Gasteiger partial charge on any atom is 0.347 e. The summed E-state index contributed by atoms with van der Waals surface area (Å²) >= 11 is 1.38. The molecule has 0 aliphatic heterocycles. The molecule has 2 unspecified atom stereocenters. The van der Waals surface area contributed by atoms with Crippen LogP contribution in [0.15, 0.2) is 0 Å². The summed E-state index contributed by atoms with van der Waals surface area (Å²) in [5.41, 5.74) is 0.677. The van der Waals surface area contributed by atoms with Crippen LogP contribution in [0.4, 0.5) is 0 Å². The highest BCUT2D eigenvalue weighted by Gasteiger charge is 2.26. The zero-order chi connectivity index (χ0) is 12.4. The van der Waals surface area contributed by atoms with Gasteiger partial charge in [-0.25, -0.2) is 9.78 Å². The van der Waals surface area contributed by atoms with Crippen LogP contribution in [0.3, 0.4) is 0 Å². The minimum absolute atomic E-state index is 0.415. The summed E-state index contributed by atoms with van der Waals surface area (Å²) in [5, 5.41) is 10.1. The van der Waals surface area contributed by atoms with Crippen molar-refractivity contribution < 1.29 is 9.90 Å². The van der Waals surface area contributed by atoms with Crippen LogP contribution >= 0.6 is 11.3 Å². The van der Waals surface area contributed by atoms with Gasteiger partial charge >= 0.3 is 5.97 Å². The molecule has 2 rings (SSSR count). The van der Waals surface area contributed by atoms with Crippen LogP contribution in [-0.2, 0) is 0 Å². The number of thiazole rings is 1. The third-order valence-electron chi connectivity index (χ3n) is 3.72. The number of hydrogen-bond donors (Lipinski definition) is 1. The number of rotatable bonds is 3. The van der Waals surface area contributed by atoms with Gasteiger partial charge in [-0.1, -0.05) is 26.2 Å². The quantitative estimate of drug-likeness (QED) is 0.890. The van der Waals surface area contributed by atoms with Crippen molar-refractivity contribution in [1.29, 1.82) is 0 Å². The SMILES string of the molecule is CCC1CCCC(c2nc(C)c(C(=O)O)s2)C1. The minimum atomic E-state index is -0.839. The molecule has 4 heteroatoms. The lowest BCUT2D eigenvalue weighted by molar-refractivity contribution is 0.0701. The van der Waals surface area contributed by atoms with Crippen molar-refractivity contribution in [1.82, 2.24) is 4.98 Å². The maximum atomic E-state index is 11.0. The van der Waals surface area contributed by atoms with Crippen molar-refractivity contribution in [2.45, 2.75) is 51.9 Å². The van der Waals surface area contributed by atoms with Crippen LogP contribution in [0.25, 0.3) is 0 Å². The van der Waals surface area contributed by atoms with Crippen LogP contribution in [0.2, 0.25) is 0 Å². The monoisotopic (exact) mass is 253 g/mol. The normalized spacial score (nSPS) is 24.8. The molecule has 17 heavy (non-hydrogen) atoms. The molecule has 0 radical (unpaired) electrons. The molecule has 1 aliphatic rings. The maximum absolute atomic E-state index is 11.0. The van der Waals surface area contributed by atoms with Gasteiger partial charge < -0.3 is 5.11 Å². The number of carbonyl (C=O) groups is 1. The molecule has 0 aromatic carbocycles. The number of aryl methyl sites for hydroxylation is 1. The second kappa shape index (κ2) is 5.17. The Morgan fingerprint density at radius 3 is 2.88 bits per heavy atom. The molecule has 0 bridgehead atoms. The Morgan fingerprint density at radius 1 is 1.53 bits per heavy atom. The summed E-state index contributed by atoms with van der Waals surface area (Å²) < 4.78 is 0. The molecular weight excluding hydrogens is 234 g/mol. The highest BCUT2D eigenvalue weighted by Crippen LogP contribution is 2.39. The molecule has 1 aromatic heterocycles. The summed E-state index contributed by atoms with van der Waals surface area (Å²) in [4.78, 5) is 15.9. The lowest BCUT2D eigenvalue weighted by atomic mass is 9.80. The number of aromatic carboxylic acids is 1. The molecule has 3 nitrogen and oxygen atoms in total. The minimum Gasteiger partial charge on any atom is -0.477 e. The van der Waals surface area contributed by atoms with Crippen molar-refractivity contribution in [2.24, 2.45) is 5.92 Å². The van der Waals surface area contributed by atoms with Gasteiger partial charge in [-0.2, -0.15) is 0 Å². The first-order valence-corrected chi connectivity index (χ1v) is 7.14. The van der Waals surface area contributed by atoms with Gasteiger partial charge in [0, 0.05) is 5.92 Å². The number of nitrogens with zero attached hydrogens (tertiary/aromatic N) is 1. The van der Waals surface area contributed by atoms with Gasteiger partial charge in [-0.3, -0.25) is 0 Å². The van der Waals surface area contributed by atoms with Crippen LogP contribution in [0.5, 0.6) is 0 Å². The Kier molecular flexibility index (Phi) is 3.82. The summed E-state index contributed by atoms with van der Waals surface area (Å²) in [7, 11) is 0. The Balaban J connectivity index is 2.16. The summed E-state index contributed by atoms with van der Waals surface area (Å²) in [6.07, 6.45) is 6.16. The molecule has 0 spiro atoms. The number of carboxylic acid groups (broad SMARTS) is 1. The van der Waals surface area contributed by atoms with Crippen molar-refractivity contribution >= 4 is 17.3 Å². The molecule has 1 aliphatic carbocycles. The smallest absolute Gasteiger partial charge is 0.347 e. The summed E-state index contributed by atoms with van der Waals surface area (Å²) in [5.74, 6) is 0.450. The summed E-state index contributed by atoms with van der Waals surface area (Å²) in [6.45, 7) is 4.03. The average molecular weight is 253 g/mol. The molecule has 2 atom stereocenters. The van der Waals surface area contributed by atoms with Crippen molar-refractivity contribution in [3.05, 3.63) is 15.6 Å².